The Morgan fingerprint density at radius 1 is 0.514 bits per heavy atom. The molecule has 0 atom stereocenters. The van der Waals surface area contributed by atoms with E-state index < -0.39 is 8.07 Å². The molecule has 0 saturated heterocycles. The van der Waals surface area contributed by atoms with E-state index >= 15 is 0 Å². The number of para-hydroxylation sites is 2. The smallest absolute Gasteiger partial charge is 0.302 e. The Morgan fingerprint density at radius 3 is 1.19 bits per heavy atom. The van der Waals surface area contributed by atoms with E-state index in [9.17, 15) is 28.8 Å². The van der Waals surface area contributed by atoms with Crippen LogP contribution in [0.3, 0.4) is 0 Å². The second-order valence-electron chi connectivity index (χ2n) is 15.6. The highest BCUT2D eigenvalue weighted by Crippen LogP contribution is 2.17. The number of carbonyl (C=O) groups is 6. The number of hydrogen-bond donors (Lipinski definition) is 1. The molecule has 0 aromatic heterocycles. The Balaban J connectivity index is -0.000000174. The van der Waals surface area contributed by atoms with Crippen LogP contribution >= 0.6 is 0 Å². The highest BCUT2D eigenvalue weighted by molar-refractivity contribution is 6.89. The Hall–Kier alpha value is -5.34. The van der Waals surface area contributed by atoms with Crippen LogP contribution in [-0.2, 0) is 38.2 Å². The number of rotatable bonds is 13. The number of ether oxygens (including phenoxy) is 2. The van der Waals surface area contributed by atoms with Crippen molar-refractivity contribution >= 4 is 65.8 Å². The predicted octanol–water partition coefficient (Wildman–Crippen LogP) is 11.8. The standard InChI is InChI=1S/C14H23NOSi.C10H13NO.C9H11NO.C5H11NO.C4H9NO.C4H8O2.C4H10O.C4H10.C2H6/c1-6-10-17(4,5)14-9-7-8-13(11-14)15(3)12(2)16;1-3-11(9(2)12)10-7-5-4-6-8-10;1-8(11)10(2)9-6-4-3-5-7-9;1-4-6(3)5(2)7;1-3-5-4(2)6;1-3-6-4(2)5;1-3-5-4-2;1-3-4-2;1-2/h7-9,11H,6,10H2,1-5H3;4-8H,3H2,1-2H3;3-7H,1-2H3;4H2,1-3H3;3H2,1-2H3,(H,5,6);3H2,1-2H3;3-4H2,1-2H3;3-4H2,1-2H3;1-2H3. The molecule has 70 heavy (non-hydrogen) atoms. The fourth-order valence-electron chi connectivity index (χ4n) is 4.99. The molecule has 0 spiro atoms. The van der Waals surface area contributed by atoms with Gasteiger partial charge < -0.3 is 34.4 Å². The first-order valence-electron chi connectivity index (χ1n) is 25.0. The first kappa shape index (κ1) is 76.1. The molecule has 0 fully saturated rings. The monoisotopic (exact) mass is 1000 g/mol. The van der Waals surface area contributed by atoms with Gasteiger partial charge >= 0.3 is 5.97 Å². The van der Waals surface area contributed by atoms with E-state index in [0.717, 1.165) is 49.9 Å². The molecule has 0 aliphatic carbocycles. The van der Waals surface area contributed by atoms with Gasteiger partial charge in [-0.3, -0.25) is 28.8 Å². The second kappa shape index (κ2) is 51.5. The van der Waals surface area contributed by atoms with Crippen molar-refractivity contribution in [2.75, 3.05) is 75.3 Å². The summed E-state index contributed by atoms with van der Waals surface area (Å²) in [5.74, 6) is 0.175. The van der Waals surface area contributed by atoms with Crippen molar-refractivity contribution in [2.45, 2.75) is 156 Å². The fraction of sp³-hybridized carbons (Fsp3) is 0.571. The van der Waals surface area contributed by atoms with Gasteiger partial charge in [-0.05, 0) is 77.9 Å². The van der Waals surface area contributed by atoms with Crippen molar-refractivity contribution in [2.24, 2.45) is 0 Å². The zero-order valence-corrected chi connectivity index (χ0v) is 49.2. The van der Waals surface area contributed by atoms with Gasteiger partial charge in [-0.1, -0.05) is 127 Å². The zero-order chi connectivity index (χ0) is 55.7. The molecule has 0 heterocycles. The van der Waals surface area contributed by atoms with Crippen molar-refractivity contribution in [1.29, 1.82) is 0 Å². The minimum absolute atomic E-state index is 0.0394. The van der Waals surface area contributed by atoms with Crippen LogP contribution < -0.4 is 25.2 Å². The van der Waals surface area contributed by atoms with Crippen LogP contribution in [0.25, 0.3) is 0 Å². The van der Waals surface area contributed by atoms with Gasteiger partial charge in [0.2, 0.25) is 29.5 Å². The van der Waals surface area contributed by atoms with E-state index in [0.29, 0.717) is 6.61 Å². The van der Waals surface area contributed by atoms with Crippen LogP contribution in [0.15, 0.2) is 84.9 Å². The second-order valence-corrected chi connectivity index (χ2v) is 20.4. The summed E-state index contributed by atoms with van der Waals surface area (Å²) in [6.45, 7) is 40.5. The zero-order valence-electron chi connectivity index (χ0n) is 48.2. The van der Waals surface area contributed by atoms with E-state index in [4.69, 9.17) is 4.74 Å². The number of carbonyl (C=O) groups excluding carboxylic acids is 6. The molecule has 0 aliphatic heterocycles. The van der Waals surface area contributed by atoms with E-state index in [1.807, 2.05) is 122 Å². The fourth-order valence-corrected chi connectivity index (χ4v) is 7.62. The summed E-state index contributed by atoms with van der Waals surface area (Å²) < 4.78 is 9.24. The minimum Gasteiger partial charge on any atom is -0.466 e. The molecule has 3 aromatic rings. The summed E-state index contributed by atoms with van der Waals surface area (Å²) in [5.41, 5.74) is 2.90. The molecule has 3 rings (SSSR count). The highest BCUT2D eigenvalue weighted by Gasteiger charge is 2.22. The average molecular weight is 1000 g/mol. The lowest BCUT2D eigenvalue weighted by Crippen LogP contribution is -2.41. The van der Waals surface area contributed by atoms with Crippen LogP contribution in [0.5, 0.6) is 0 Å². The molecule has 0 bridgehead atoms. The van der Waals surface area contributed by atoms with Crippen LogP contribution in [0.1, 0.15) is 137 Å². The molecule has 13 nitrogen and oxygen atoms in total. The maximum absolute atomic E-state index is 11.4. The Bertz CT molecular complexity index is 1710. The third-order valence-corrected chi connectivity index (χ3v) is 13.1. The minimum atomic E-state index is -1.33. The normalized spacial score (nSPS) is 9.11. The molecule has 5 amide bonds. The van der Waals surface area contributed by atoms with Crippen molar-refractivity contribution in [1.82, 2.24) is 10.2 Å². The number of amides is 5. The van der Waals surface area contributed by atoms with Crippen LogP contribution in [0.2, 0.25) is 19.1 Å². The molecular formula is C56H101N5O8Si. The van der Waals surface area contributed by atoms with Crippen LogP contribution in [0.4, 0.5) is 17.1 Å². The number of anilines is 3. The summed E-state index contributed by atoms with van der Waals surface area (Å²) in [6, 6.07) is 29.0. The van der Waals surface area contributed by atoms with E-state index in [1.165, 1.54) is 44.3 Å². The van der Waals surface area contributed by atoms with Gasteiger partial charge in [0.15, 0.2) is 0 Å². The molecule has 14 heteroatoms. The molecule has 0 saturated carbocycles. The molecule has 402 valence electrons. The van der Waals surface area contributed by atoms with Gasteiger partial charge in [-0.2, -0.15) is 0 Å². The molecule has 0 aliphatic rings. The number of nitrogens with zero attached hydrogens (tertiary/aromatic N) is 4. The van der Waals surface area contributed by atoms with Gasteiger partial charge in [0.25, 0.3) is 0 Å². The number of benzene rings is 3. The van der Waals surface area contributed by atoms with Gasteiger partial charge in [-0.25, -0.2) is 0 Å². The quantitative estimate of drug-likeness (QED) is 0.132. The van der Waals surface area contributed by atoms with Crippen molar-refractivity contribution < 1.29 is 38.2 Å². The summed E-state index contributed by atoms with van der Waals surface area (Å²) in [6.07, 6.45) is 3.87. The van der Waals surface area contributed by atoms with Crippen molar-refractivity contribution in [3.8, 4) is 0 Å². The van der Waals surface area contributed by atoms with E-state index in [1.54, 1.807) is 68.3 Å². The Morgan fingerprint density at radius 2 is 0.943 bits per heavy atom. The summed E-state index contributed by atoms with van der Waals surface area (Å²) >= 11 is 0. The summed E-state index contributed by atoms with van der Waals surface area (Å²) in [4.78, 5) is 70.1. The van der Waals surface area contributed by atoms with Gasteiger partial charge in [0.05, 0.1) is 14.7 Å². The Labute approximate surface area is 429 Å². The SMILES string of the molecule is CC.CC(=O)N(C)c1ccccc1.CCCC.CCC[Si](C)(C)c1cccc(N(C)C(C)=O)c1.CCN(C(C)=O)c1ccccc1.CCN(C)C(C)=O.CCNC(C)=O.CCOC(C)=O.CCOCC. The summed E-state index contributed by atoms with van der Waals surface area (Å²) in [7, 11) is 4.04. The number of nitrogens with one attached hydrogen (secondary N) is 1. The lowest BCUT2D eigenvalue weighted by atomic mass is 10.3. The first-order valence-corrected chi connectivity index (χ1v) is 28.3. The lowest BCUT2D eigenvalue weighted by molar-refractivity contribution is -0.140. The van der Waals surface area contributed by atoms with Crippen molar-refractivity contribution in [3.05, 3.63) is 84.9 Å². The maximum Gasteiger partial charge on any atom is 0.302 e. The van der Waals surface area contributed by atoms with Crippen molar-refractivity contribution in [3.63, 3.8) is 0 Å². The molecule has 0 radical (unpaired) electrons. The van der Waals surface area contributed by atoms with Gasteiger partial charge in [-0.15, -0.1) is 0 Å². The van der Waals surface area contributed by atoms with E-state index in [-0.39, 0.29) is 35.5 Å². The number of unbranched alkanes of at least 4 members (excludes halogenated alkanes) is 1. The lowest BCUT2D eigenvalue weighted by Gasteiger charge is -2.24. The molecule has 3 aromatic carbocycles. The first-order chi connectivity index (χ1) is 32.9. The Kier molecular flexibility index (Phi) is 56.0. The predicted molar refractivity (Wildman–Crippen MR) is 303 cm³/mol. The van der Waals surface area contributed by atoms with Crippen LogP contribution in [0, 0.1) is 0 Å². The molecule has 0 unspecified atom stereocenters. The summed E-state index contributed by atoms with van der Waals surface area (Å²) in [5, 5.41) is 4.00. The number of hydrogen-bond acceptors (Lipinski definition) is 8. The third kappa shape index (κ3) is 46.4. The highest BCUT2D eigenvalue weighted by atomic mass is 28.3. The average Bonchev–Trinajstić information content (AvgIpc) is 3.33. The van der Waals surface area contributed by atoms with E-state index in [2.05, 4.69) is 62.1 Å². The van der Waals surface area contributed by atoms with Crippen LogP contribution in [-0.4, -0.2) is 109 Å². The maximum atomic E-state index is 11.4. The molecular weight excluding hydrogens is 899 g/mol. The largest absolute Gasteiger partial charge is 0.466 e. The number of esters is 1. The van der Waals surface area contributed by atoms with Gasteiger partial charge in [0.1, 0.15) is 0 Å². The third-order valence-electron chi connectivity index (χ3n) is 9.44. The van der Waals surface area contributed by atoms with Gasteiger partial charge in [0, 0.05) is 113 Å². The topological polar surface area (TPSA) is 146 Å². The molecule has 1 N–H and O–H groups in total.